The van der Waals surface area contributed by atoms with Crippen LogP contribution in [0.25, 0.3) is 0 Å². The maximum atomic E-state index is 12.1. The molecule has 2 N–H and O–H groups in total. The number of aliphatic hydroxyl groups is 1. The standard InChI is InChI=1S/C20H27NO4/c1-2-3-4-18(22)11-9-17-10-12-19(23)21(17)14-13-15-5-7-16(8-6-15)20(24)25/h5-9,11,17-18,22H,2-4,10,12-14H2,1H3,(H,24,25)/t17-,18-/m0/s1. The number of rotatable bonds is 9. The van der Waals surface area contributed by atoms with E-state index in [-0.39, 0.29) is 17.5 Å². The lowest BCUT2D eigenvalue weighted by atomic mass is 10.1. The monoisotopic (exact) mass is 345 g/mol. The van der Waals surface area contributed by atoms with Crippen molar-refractivity contribution < 1.29 is 19.8 Å². The summed E-state index contributed by atoms with van der Waals surface area (Å²) >= 11 is 0. The number of carbonyl (C=O) groups excluding carboxylic acids is 1. The summed E-state index contributed by atoms with van der Waals surface area (Å²) in [4.78, 5) is 24.9. The van der Waals surface area contributed by atoms with Crippen molar-refractivity contribution in [1.29, 1.82) is 0 Å². The maximum Gasteiger partial charge on any atom is 0.335 e. The van der Waals surface area contributed by atoms with Crippen LogP contribution >= 0.6 is 0 Å². The quantitative estimate of drug-likeness (QED) is 0.675. The van der Waals surface area contributed by atoms with E-state index in [1.807, 2.05) is 17.1 Å². The van der Waals surface area contributed by atoms with Crippen molar-refractivity contribution in [3.05, 3.63) is 47.5 Å². The minimum Gasteiger partial charge on any atom is -0.478 e. The Morgan fingerprint density at radius 3 is 2.72 bits per heavy atom. The summed E-state index contributed by atoms with van der Waals surface area (Å²) in [6, 6.07) is 6.81. The minimum atomic E-state index is -0.937. The summed E-state index contributed by atoms with van der Waals surface area (Å²) in [6.45, 7) is 2.70. The van der Waals surface area contributed by atoms with E-state index in [0.29, 0.717) is 19.4 Å². The number of nitrogens with zero attached hydrogens (tertiary/aromatic N) is 1. The second-order valence-electron chi connectivity index (χ2n) is 6.54. The van der Waals surface area contributed by atoms with Gasteiger partial charge in [0.25, 0.3) is 0 Å². The molecule has 0 aliphatic carbocycles. The average molecular weight is 345 g/mol. The zero-order valence-corrected chi connectivity index (χ0v) is 14.7. The van der Waals surface area contributed by atoms with E-state index in [2.05, 4.69) is 6.92 Å². The predicted octanol–water partition coefficient (Wildman–Crippen LogP) is 3.03. The highest BCUT2D eigenvalue weighted by molar-refractivity contribution is 5.87. The molecule has 136 valence electrons. The molecule has 5 nitrogen and oxygen atoms in total. The Kier molecular flexibility index (Phi) is 7.19. The molecule has 1 aliphatic heterocycles. The zero-order valence-electron chi connectivity index (χ0n) is 14.7. The molecule has 25 heavy (non-hydrogen) atoms. The van der Waals surface area contributed by atoms with Crippen LogP contribution in [0, 0.1) is 0 Å². The van der Waals surface area contributed by atoms with E-state index in [9.17, 15) is 14.7 Å². The SMILES string of the molecule is CCCC[C@H](O)C=C[C@H]1CCC(=O)N1CCc1ccc(C(=O)O)cc1. The van der Waals surface area contributed by atoms with Gasteiger partial charge in [-0.3, -0.25) is 4.79 Å². The number of carbonyl (C=O) groups is 2. The number of carboxylic acid groups (broad SMARTS) is 1. The first-order valence-electron chi connectivity index (χ1n) is 8.99. The minimum absolute atomic E-state index is 0.0436. The third-order valence-electron chi connectivity index (χ3n) is 4.63. The van der Waals surface area contributed by atoms with Gasteiger partial charge in [-0.2, -0.15) is 0 Å². The number of aromatic carboxylic acids is 1. The van der Waals surface area contributed by atoms with Crippen LogP contribution in [0.1, 0.15) is 54.9 Å². The van der Waals surface area contributed by atoms with Crippen molar-refractivity contribution >= 4 is 11.9 Å². The second-order valence-corrected chi connectivity index (χ2v) is 6.54. The lowest BCUT2D eigenvalue weighted by Crippen LogP contribution is -2.33. The van der Waals surface area contributed by atoms with Gasteiger partial charge in [0.05, 0.1) is 17.7 Å². The third kappa shape index (κ3) is 5.71. The molecule has 0 saturated carbocycles. The summed E-state index contributed by atoms with van der Waals surface area (Å²) in [5.41, 5.74) is 1.28. The maximum absolute atomic E-state index is 12.1. The van der Waals surface area contributed by atoms with E-state index in [1.54, 1.807) is 24.3 Å². The molecular formula is C20H27NO4. The van der Waals surface area contributed by atoms with Crippen molar-refractivity contribution in [1.82, 2.24) is 4.90 Å². The van der Waals surface area contributed by atoms with Crippen LogP contribution in [-0.4, -0.2) is 45.7 Å². The van der Waals surface area contributed by atoms with Gasteiger partial charge in [-0.25, -0.2) is 4.79 Å². The topological polar surface area (TPSA) is 77.8 Å². The van der Waals surface area contributed by atoms with Crippen molar-refractivity contribution in [2.24, 2.45) is 0 Å². The van der Waals surface area contributed by atoms with E-state index in [4.69, 9.17) is 5.11 Å². The highest BCUT2D eigenvalue weighted by Gasteiger charge is 2.28. The number of amides is 1. The van der Waals surface area contributed by atoms with Crippen LogP contribution < -0.4 is 0 Å². The summed E-state index contributed by atoms with van der Waals surface area (Å²) in [6.07, 6.45) is 8.14. The van der Waals surface area contributed by atoms with E-state index in [0.717, 1.165) is 31.2 Å². The fourth-order valence-electron chi connectivity index (χ4n) is 3.08. The molecule has 0 bridgehead atoms. The summed E-state index contributed by atoms with van der Waals surface area (Å²) < 4.78 is 0. The normalized spacial score (nSPS) is 18.9. The number of aliphatic hydroxyl groups excluding tert-OH is 1. The fraction of sp³-hybridized carbons (Fsp3) is 0.500. The Morgan fingerprint density at radius 1 is 1.36 bits per heavy atom. The summed E-state index contributed by atoms with van der Waals surface area (Å²) in [7, 11) is 0. The van der Waals surface area contributed by atoms with Crippen molar-refractivity contribution in [2.75, 3.05) is 6.54 Å². The Bertz CT molecular complexity index is 609. The highest BCUT2D eigenvalue weighted by atomic mass is 16.4. The Hall–Kier alpha value is -2.14. The molecule has 1 saturated heterocycles. The number of unbranched alkanes of at least 4 members (excludes halogenated alkanes) is 1. The smallest absolute Gasteiger partial charge is 0.335 e. The highest BCUT2D eigenvalue weighted by Crippen LogP contribution is 2.21. The van der Waals surface area contributed by atoms with Gasteiger partial charge in [0, 0.05) is 13.0 Å². The van der Waals surface area contributed by atoms with Crippen LogP contribution in [0.3, 0.4) is 0 Å². The molecule has 1 amide bonds. The molecule has 0 radical (unpaired) electrons. The van der Waals surface area contributed by atoms with Crippen LogP contribution in [0.15, 0.2) is 36.4 Å². The lowest BCUT2D eigenvalue weighted by Gasteiger charge is -2.22. The Morgan fingerprint density at radius 2 is 2.08 bits per heavy atom. The number of likely N-dealkylation sites (tertiary alicyclic amines) is 1. The Balaban J connectivity index is 1.90. The predicted molar refractivity (Wildman–Crippen MR) is 96.5 cm³/mol. The molecule has 2 atom stereocenters. The molecular weight excluding hydrogens is 318 g/mol. The molecule has 5 heteroatoms. The Labute approximate surface area is 149 Å². The van der Waals surface area contributed by atoms with Crippen LogP contribution in [-0.2, 0) is 11.2 Å². The van der Waals surface area contributed by atoms with Crippen LogP contribution in [0.2, 0.25) is 0 Å². The first-order valence-corrected chi connectivity index (χ1v) is 8.99. The first-order chi connectivity index (χ1) is 12.0. The van der Waals surface area contributed by atoms with Gasteiger partial charge in [0.1, 0.15) is 0 Å². The van der Waals surface area contributed by atoms with Gasteiger partial charge < -0.3 is 15.1 Å². The molecule has 2 rings (SSSR count). The van der Waals surface area contributed by atoms with Crippen LogP contribution in [0.5, 0.6) is 0 Å². The molecule has 0 spiro atoms. The van der Waals surface area contributed by atoms with Gasteiger partial charge in [0.15, 0.2) is 0 Å². The van der Waals surface area contributed by atoms with Gasteiger partial charge in [-0.05, 0) is 37.0 Å². The largest absolute Gasteiger partial charge is 0.478 e. The van der Waals surface area contributed by atoms with Gasteiger partial charge >= 0.3 is 5.97 Å². The van der Waals surface area contributed by atoms with Crippen molar-refractivity contribution in [3.8, 4) is 0 Å². The van der Waals surface area contributed by atoms with Crippen LogP contribution in [0.4, 0.5) is 0 Å². The number of carboxylic acids is 1. The lowest BCUT2D eigenvalue weighted by molar-refractivity contribution is -0.128. The third-order valence-corrected chi connectivity index (χ3v) is 4.63. The molecule has 1 heterocycles. The van der Waals surface area contributed by atoms with Gasteiger partial charge in [-0.1, -0.05) is 44.1 Å². The number of benzene rings is 1. The molecule has 1 aromatic carbocycles. The fourth-order valence-corrected chi connectivity index (χ4v) is 3.08. The molecule has 1 aromatic rings. The van der Waals surface area contributed by atoms with E-state index < -0.39 is 12.1 Å². The number of hydrogen-bond acceptors (Lipinski definition) is 3. The summed E-state index contributed by atoms with van der Waals surface area (Å²) in [5.74, 6) is -0.798. The van der Waals surface area contributed by atoms with E-state index >= 15 is 0 Å². The summed E-state index contributed by atoms with van der Waals surface area (Å²) in [5, 5.41) is 18.9. The average Bonchev–Trinajstić information content (AvgIpc) is 2.96. The second kappa shape index (κ2) is 9.37. The molecule has 1 fully saturated rings. The zero-order chi connectivity index (χ0) is 18.2. The molecule has 0 unspecified atom stereocenters. The number of hydrogen-bond donors (Lipinski definition) is 2. The first kappa shape index (κ1) is 19.2. The molecule has 1 aliphatic rings. The molecule has 0 aromatic heterocycles. The van der Waals surface area contributed by atoms with Gasteiger partial charge in [-0.15, -0.1) is 0 Å². The van der Waals surface area contributed by atoms with Crippen molar-refractivity contribution in [3.63, 3.8) is 0 Å². The van der Waals surface area contributed by atoms with Crippen molar-refractivity contribution in [2.45, 2.75) is 57.6 Å². The van der Waals surface area contributed by atoms with Gasteiger partial charge in [0.2, 0.25) is 5.91 Å². The van der Waals surface area contributed by atoms with E-state index in [1.165, 1.54) is 0 Å².